The van der Waals surface area contributed by atoms with Crippen molar-refractivity contribution in [3.05, 3.63) is 35.9 Å². The standard InChI is InChI=1S/C13H18N2O4S/c1-15-10-12(19-13(15)16)9-14-20(17,18)8-7-11-5-3-2-4-6-11/h2-6,12,14H,7-10H2,1H3. The van der Waals surface area contributed by atoms with Gasteiger partial charge in [0.15, 0.2) is 0 Å². The largest absolute Gasteiger partial charge is 0.443 e. The van der Waals surface area contributed by atoms with E-state index < -0.39 is 22.2 Å². The molecule has 0 aliphatic carbocycles. The van der Waals surface area contributed by atoms with E-state index in [-0.39, 0.29) is 12.3 Å². The van der Waals surface area contributed by atoms with Crippen LogP contribution in [0.3, 0.4) is 0 Å². The number of benzene rings is 1. The van der Waals surface area contributed by atoms with Crippen molar-refractivity contribution >= 4 is 16.1 Å². The molecule has 0 bridgehead atoms. The van der Waals surface area contributed by atoms with E-state index >= 15 is 0 Å². The van der Waals surface area contributed by atoms with Gasteiger partial charge in [-0.3, -0.25) is 0 Å². The van der Waals surface area contributed by atoms with Crippen LogP contribution in [-0.4, -0.2) is 51.4 Å². The maximum absolute atomic E-state index is 11.9. The zero-order chi connectivity index (χ0) is 14.6. The number of cyclic esters (lactones) is 1. The number of likely N-dealkylation sites (N-methyl/N-ethyl adjacent to an activating group) is 1. The number of ether oxygens (including phenoxy) is 1. The monoisotopic (exact) mass is 298 g/mol. The molecule has 1 aromatic rings. The molecule has 6 nitrogen and oxygen atoms in total. The Morgan fingerprint density at radius 1 is 1.35 bits per heavy atom. The van der Waals surface area contributed by atoms with Crippen LogP contribution in [0.5, 0.6) is 0 Å². The lowest BCUT2D eigenvalue weighted by molar-refractivity contribution is 0.135. The Bertz CT molecular complexity index is 559. The normalized spacial score (nSPS) is 19.1. The number of hydrogen-bond donors (Lipinski definition) is 1. The number of hydrogen-bond acceptors (Lipinski definition) is 4. The molecule has 1 unspecified atom stereocenters. The van der Waals surface area contributed by atoms with Crippen molar-refractivity contribution < 1.29 is 17.9 Å². The Hall–Kier alpha value is -1.60. The van der Waals surface area contributed by atoms with Crippen molar-refractivity contribution in [2.75, 3.05) is 25.9 Å². The number of sulfonamides is 1. The van der Waals surface area contributed by atoms with Crippen molar-refractivity contribution in [1.29, 1.82) is 0 Å². The van der Waals surface area contributed by atoms with Gasteiger partial charge in [0, 0.05) is 13.6 Å². The van der Waals surface area contributed by atoms with Crippen LogP contribution in [0.2, 0.25) is 0 Å². The summed E-state index contributed by atoms with van der Waals surface area (Å²) in [6.45, 7) is 0.521. The van der Waals surface area contributed by atoms with Crippen molar-refractivity contribution in [2.24, 2.45) is 0 Å². The van der Waals surface area contributed by atoms with E-state index in [0.717, 1.165) is 5.56 Å². The predicted molar refractivity (Wildman–Crippen MR) is 74.8 cm³/mol. The van der Waals surface area contributed by atoms with Gasteiger partial charge in [-0.1, -0.05) is 30.3 Å². The Labute approximate surface area is 118 Å². The zero-order valence-electron chi connectivity index (χ0n) is 11.3. The summed E-state index contributed by atoms with van der Waals surface area (Å²) in [5, 5.41) is 0. The molecular formula is C13H18N2O4S. The molecule has 1 aromatic carbocycles. The average Bonchev–Trinajstić information content (AvgIpc) is 2.75. The van der Waals surface area contributed by atoms with Crippen molar-refractivity contribution in [3.63, 3.8) is 0 Å². The number of nitrogens with zero attached hydrogens (tertiary/aromatic N) is 1. The highest BCUT2D eigenvalue weighted by Crippen LogP contribution is 2.08. The highest BCUT2D eigenvalue weighted by molar-refractivity contribution is 7.89. The fourth-order valence-electron chi connectivity index (χ4n) is 1.94. The first-order valence-corrected chi connectivity index (χ1v) is 8.04. The minimum Gasteiger partial charge on any atom is -0.443 e. The molecule has 1 aliphatic heterocycles. The van der Waals surface area contributed by atoms with E-state index in [1.54, 1.807) is 7.05 Å². The molecular weight excluding hydrogens is 280 g/mol. The summed E-state index contributed by atoms with van der Waals surface area (Å²) >= 11 is 0. The molecule has 0 spiro atoms. The van der Waals surface area contributed by atoms with Crippen LogP contribution in [0.1, 0.15) is 5.56 Å². The second kappa shape index (κ2) is 6.23. The molecule has 0 radical (unpaired) electrons. The first kappa shape index (κ1) is 14.8. The molecule has 1 aliphatic rings. The third kappa shape index (κ3) is 4.21. The number of carbonyl (C=O) groups is 1. The van der Waals surface area contributed by atoms with E-state index in [0.29, 0.717) is 13.0 Å². The van der Waals surface area contributed by atoms with Gasteiger partial charge in [0.05, 0.1) is 12.3 Å². The number of carbonyl (C=O) groups excluding carboxylic acids is 1. The third-order valence-electron chi connectivity index (χ3n) is 3.09. The number of nitrogens with one attached hydrogen (secondary N) is 1. The summed E-state index contributed by atoms with van der Waals surface area (Å²) in [6.07, 6.45) is -0.377. The molecule has 0 saturated carbocycles. The SMILES string of the molecule is CN1CC(CNS(=O)(=O)CCc2ccccc2)OC1=O. The summed E-state index contributed by atoms with van der Waals surface area (Å²) in [7, 11) is -1.74. The summed E-state index contributed by atoms with van der Waals surface area (Å²) in [5.41, 5.74) is 0.977. The van der Waals surface area contributed by atoms with Gasteiger partial charge in [-0.2, -0.15) is 0 Å². The van der Waals surface area contributed by atoms with Crippen molar-refractivity contribution in [3.8, 4) is 0 Å². The molecule has 20 heavy (non-hydrogen) atoms. The molecule has 110 valence electrons. The first-order valence-electron chi connectivity index (χ1n) is 6.39. The predicted octanol–water partition coefficient (Wildman–Crippen LogP) is 0.599. The fraction of sp³-hybridized carbons (Fsp3) is 0.462. The fourth-order valence-corrected chi connectivity index (χ4v) is 3.03. The van der Waals surface area contributed by atoms with E-state index in [9.17, 15) is 13.2 Å². The van der Waals surface area contributed by atoms with Gasteiger partial charge >= 0.3 is 6.09 Å². The third-order valence-corrected chi connectivity index (χ3v) is 4.44. The summed E-state index contributed by atoms with van der Waals surface area (Å²) < 4.78 is 31.2. The van der Waals surface area contributed by atoms with E-state index in [4.69, 9.17) is 4.74 Å². The van der Waals surface area contributed by atoms with Gasteiger partial charge in [0.25, 0.3) is 0 Å². The smallest absolute Gasteiger partial charge is 0.410 e. The molecule has 1 N–H and O–H groups in total. The van der Waals surface area contributed by atoms with Crippen LogP contribution in [0.4, 0.5) is 4.79 Å². The highest BCUT2D eigenvalue weighted by Gasteiger charge is 2.28. The van der Waals surface area contributed by atoms with Crippen molar-refractivity contribution in [1.82, 2.24) is 9.62 Å². The Morgan fingerprint density at radius 2 is 2.05 bits per heavy atom. The maximum Gasteiger partial charge on any atom is 0.410 e. The maximum atomic E-state index is 11.9. The van der Waals surface area contributed by atoms with E-state index in [1.165, 1.54) is 4.90 Å². The second-order valence-corrected chi connectivity index (χ2v) is 6.72. The topological polar surface area (TPSA) is 75.7 Å². The molecule has 1 saturated heterocycles. The Kier molecular flexibility index (Phi) is 4.61. The molecule has 0 aromatic heterocycles. The number of aryl methyl sites for hydroxylation is 1. The highest BCUT2D eigenvalue weighted by atomic mass is 32.2. The van der Waals surface area contributed by atoms with Gasteiger partial charge in [-0.15, -0.1) is 0 Å². The van der Waals surface area contributed by atoms with Crippen LogP contribution in [0.15, 0.2) is 30.3 Å². The van der Waals surface area contributed by atoms with Gasteiger partial charge < -0.3 is 9.64 Å². The lowest BCUT2D eigenvalue weighted by Crippen LogP contribution is -2.35. The quantitative estimate of drug-likeness (QED) is 0.834. The minimum atomic E-state index is -3.36. The van der Waals surface area contributed by atoms with Gasteiger partial charge in [0.1, 0.15) is 6.10 Å². The molecule has 1 fully saturated rings. The average molecular weight is 298 g/mol. The van der Waals surface area contributed by atoms with Gasteiger partial charge in [-0.05, 0) is 12.0 Å². The molecule has 1 heterocycles. The van der Waals surface area contributed by atoms with Crippen LogP contribution in [-0.2, 0) is 21.2 Å². The van der Waals surface area contributed by atoms with Gasteiger partial charge in [-0.25, -0.2) is 17.9 Å². The van der Waals surface area contributed by atoms with Gasteiger partial charge in [0.2, 0.25) is 10.0 Å². The van der Waals surface area contributed by atoms with Crippen molar-refractivity contribution in [2.45, 2.75) is 12.5 Å². The lowest BCUT2D eigenvalue weighted by atomic mass is 10.2. The van der Waals surface area contributed by atoms with Crippen LogP contribution >= 0.6 is 0 Å². The number of amides is 1. The lowest BCUT2D eigenvalue weighted by Gasteiger charge is -2.10. The summed E-state index contributed by atoms with van der Waals surface area (Å²) in [4.78, 5) is 12.6. The van der Waals surface area contributed by atoms with E-state index in [1.807, 2.05) is 30.3 Å². The Morgan fingerprint density at radius 3 is 2.65 bits per heavy atom. The second-order valence-electron chi connectivity index (χ2n) is 4.79. The molecule has 1 atom stereocenters. The molecule has 7 heteroatoms. The Balaban J connectivity index is 1.78. The zero-order valence-corrected chi connectivity index (χ0v) is 12.1. The summed E-state index contributed by atoms with van der Waals surface area (Å²) in [5.74, 6) is 0.0213. The minimum absolute atomic E-state index is 0.0213. The molecule has 1 amide bonds. The first-order chi connectivity index (χ1) is 9.46. The van der Waals surface area contributed by atoms with E-state index in [2.05, 4.69) is 4.72 Å². The van der Waals surface area contributed by atoms with Crippen LogP contribution < -0.4 is 4.72 Å². The van der Waals surface area contributed by atoms with Crippen LogP contribution in [0, 0.1) is 0 Å². The number of rotatable bonds is 6. The summed E-state index contributed by atoms with van der Waals surface area (Å²) in [6, 6.07) is 9.43. The molecule has 2 rings (SSSR count). The van der Waals surface area contributed by atoms with Crippen LogP contribution in [0.25, 0.3) is 0 Å².